The Hall–Kier alpha value is -3.96. The highest BCUT2D eigenvalue weighted by atomic mass is 32.2. The summed E-state index contributed by atoms with van der Waals surface area (Å²) in [5, 5.41) is 10.6. The Morgan fingerprint density at radius 3 is 2.21 bits per heavy atom. The summed E-state index contributed by atoms with van der Waals surface area (Å²) in [6, 6.07) is 17.7. The van der Waals surface area contributed by atoms with Crippen molar-refractivity contribution >= 4 is 38.6 Å². The molecule has 0 radical (unpaired) electrons. The average molecular weight is 593 g/mol. The first-order valence-electron chi connectivity index (χ1n) is 14.3. The number of carbonyl (C=O) groups is 2. The number of fused-ring (bicyclic) bond motifs is 1. The number of sulfonamides is 1. The highest BCUT2D eigenvalue weighted by Gasteiger charge is 2.30. The minimum absolute atomic E-state index is 0.00561. The molecule has 1 aliphatic heterocycles. The molecule has 4 rings (SSSR count). The number of carbonyl (C=O) groups excluding carboxylic acids is 2. The molecule has 3 amide bonds. The third-order valence-corrected chi connectivity index (χ3v) is 8.78. The van der Waals surface area contributed by atoms with Gasteiger partial charge in [0.2, 0.25) is 10.0 Å². The van der Waals surface area contributed by atoms with Crippen molar-refractivity contribution in [1.29, 1.82) is 5.41 Å². The Morgan fingerprint density at radius 2 is 1.60 bits per heavy atom. The van der Waals surface area contributed by atoms with Gasteiger partial charge in [0.05, 0.1) is 11.4 Å². The van der Waals surface area contributed by atoms with Crippen LogP contribution in [0.25, 0.3) is 10.8 Å². The van der Waals surface area contributed by atoms with E-state index in [9.17, 15) is 18.0 Å². The number of nitrogen functional groups attached to an aromatic ring is 1. The molecular formula is C31H40N6O4S. The van der Waals surface area contributed by atoms with Crippen LogP contribution < -0.4 is 15.9 Å². The lowest BCUT2D eigenvalue weighted by atomic mass is 10.0. The molecule has 3 aromatic carbocycles. The van der Waals surface area contributed by atoms with Crippen LogP contribution in [0.3, 0.4) is 0 Å². The van der Waals surface area contributed by atoms with Crippen LogP contribution in [-0.2, 0) is 21.4 Å². The molecule has 224 valence electrons. The zero-order valence-corrected chi connectivity index (χ0v) is 25.0. The smallest absolute Gasteiger partial charge is 0.339 e. The second kappa shape index (κ2) is 13.8. The average Bonchev–Trinajstić information content (AvgIpc) is 3.25. The summed E-state index contributed by atoms with van der Waals surface area (Å²) >= 11 is 0. The van der Waals surface area contributed by atoms with Crippen LogP contribution in [0.1, 0.15) is 57.1 Å². The molecule has 0 saturated carbocycles. The van der Waals surface area contributed by atoms with Crippen molar-refractivity contribution in [2.45, 2.75) is 63.4 Å². The molecular weight excluding hydrogens is 552 g/mol. The van der Waals surface area contributed by atoms with E-state index in [1.54, 1.807) is 41.3 Å². The van der Waals surface area contributed by atoms with E-state index < -0.39 is 22.0 Å². The summed E-state index contributed by atoms with van der Waals surface area (Å²) < 4.78 is 29.5. The van der Waals surface area contributed by atoms with Gasteiger partial charge in [0.25, 0.3) is 5.91 Å². The van der Waals surface area contributed by atoms with Crippen LogP contribution in [-0.4, -0.2) is 55.2 Å². The van der Waals surface area contributed by atoms with Crippen LogP contribution in [0, 0.1) is 11.3 Å². The number of hydrogen-bond acceptors (Lipinski definition) is 5. The van der Waals surface area contributed by atoms with E-state index in [2.05, 4.69) is 10.1 Å². The third kappa shape index (κ3) is 8.07. The lowest BCUT2D eigenvalue weighted by molar-refractivity contribution is -0.127. The highest BCUT2D eigenvalue weighted by Crippen LogP contribution is 2.20. The van der Waals surface area contributed by atoms with Gasteiger partial charge in [-0.3, -0.25) is 15.6 Å². The van der Waals surface area contributed by atoms with Crippen molar-refractivity contribution in [2.75, 3.05) is 13.1 Å². The number of benzene rings is 3. The number of rotatable bonds is 9. The number of likely N-dealkylation sites (tertiary alicyclic amines) is 1. The summed E-state index contributed by atoms with van der Waals surface area (Å²) in [5.41, 5.74) is 9.59. The Balaban J connectivity index is 1.58. The van der Waals surface area contributed by atoms with Crippen LogP contribution in [0.4, 0.5) is 4.79 Å². The van der Waals surface area contributed by atoms with Gasteiger partial charge in [-0.2, -0.15) is 4.72 Å². The van der Waals surface area contributed by atoms with Gasteiger partial charge >= 0.3 is 6.03 Å². The van der Waals surface area contributed by atoms with E-state index >= 15 is 0 Å². The molecule has 1 heterocycles. The topological polar surface area (TPSA) is 149 Å². The number of nitrogens with two attached hydrogens (primary N) is 1. The quantitative estimate of drug-likeness (QED) is 0.166. The summed E-state index contributed by atoms with van der Waals surface area (Å²) in [6.07, 6.45) is 4.06. The standard InChI is InChI=1S/C31H40N6O4S/c1-22(2)19-28(35-42(40,41)27-16-15-24-9-5-6-10-26(24)20-27)30(38)34-37(31(39)36-17-7-3-4-8-18-36)21-23-11-13-25(14-12-23)29(32)33/h5-6,9-16,20,22,28,35H,3-4,7-8,17-19,21H2,1-2H3,(H3,32,33)(H,34,38). The summed E-state index contributed by atoms with van der Waals surface area (Å²) in [6.45, 7) is 5.03. The van der Waals surface area contributed by atoms with Gasteiger partial charge in [0.15, 0.2) is 0 Å². The van der Waals surface area contributed by atoms with Gasteiger partial charge in [-0.05, 0) is 53.6 Å². The molecule has 1 atom stereocenters. The molecule has 10 nitrogen and oxygen atoms in total. The van der Waals surface area contributed by atoms with Crippen molar-refractivity contribution in [3.63, 3.8) is 0 Å². The number of nitrogens with zero attached hydrogens (tertiary/aromatic N) is 2. The zero-order chi connectivity index (χ0) is 30.3. The van der Waals surface area contributed by atoms with Gasteiger partial charge < -0.3 is 10.6 Å². The predicted octanol–water partition coefficient (Wildman–Crippen LogP) is 4.35. The molecule has 0 aliphatic carbocycles. The molecule has 1 unspecified atom stereocenters. The predicted molar refractivity (Wildman–Crippen MR) is 164 cm³/mol. The van der Waals surface area contributed by atoms with Crippen LogP contribution in [0.2, 0.25) is 0 Å². The summed E-state index contributed by atoms with van der Waals surface area (Å²) in [7, 11) is -4.05. The van der Waals surface area contributed by atoms with Gasteiger partial charge in [-0.25, -0.2) is 18.2 Å². The molecule has 3 aromatic rings. The monoisotopic (exact) mass is 592 g/mol. The second-order valence-corrected chi connectivity index (χ2v) is 12.9. The van der Waals surface area contributed by atoms with Crippen molar-refractivity contribution in [3.8, 4) is 0 Å². The Bertz CT molecular complexity index is 1520. The minimum atomic E-state index is -4.05. The zero-order valence-electron chi connectivity index (χ0n) is 24.2. The number of amidine groups is 1. The van der Waals surface area contributed by atoms with E-state index in [0.717, 1.165) is 42.0 Å². The van der Waals surface area contributed by atoms with Crippen LogP contribution in [0.5, 0.6) is 0 Å². The molecule has 0 bridgehead atoms. The molecule has 11 heteroatoms. The fourth-order valence-electron chi connectivity index (χ4n) is 5.04. The maximum Gasteiger partial charge on any atom is 0.339 e. The van der Waals surface area contributed by atoms with Crippen LogP contribution >= 0.6 is 0 Å². The van der Waals surface area contributed by atoms with E-state index in [1.807, 2.05) is 38.1 Å². The second-order valence-electron chi connectivity index (χ2n) is 11.2. The minimum Gasteiger partial charge on any atom is -0.384 e. The lowest BCUT2D eigenvalue weighted by Crippen LogP contribution is -2.57. The largest absolute Gasteiger partial charge is 0.384 e. The number of hydrazine groups is 1. The Morgan fingerprint density at radius 1 is 0.952 bits per heavy atom. The van der Waals surface area contributed by atoms with E-state index in [1.165, 1.54) is 11.1 Å². The first-order chi connectivity index (χ1) is 20.0. The van der Waals surface area contributed by atoms with Gasteiger partial charge in [-0.15, -0.1) is 0 Å². The Labute approximate surface area is 247 Å². The van der Waals surface area contributed by atoms with E-state index in [4.69, 9.17) is 11.1 Å². The molecule has 1 fully saturated rings. The molecule has 0 aromatic heterocycles. The van der Waals surface area contributed by atoms with Gasteiger partial charge in [-0.1, -0.05) is 81.3 Å². The maximum atomic E-state index is 13.7. The fraction of sp³-hybridized carbons (Fsp3) is 0.387. The van der Waals surface area contributed by atoms with E-state index in [0.29, 0.717) is 18.7 Å². The van der Waals surface area contributed by atoms with E-state index in [-0.39, 0.29) is 35.6 Å². The molecule has 42 heavy (non-hydrogen) atoms. The van der Waals surface area contributed by atoms with Crippen molar-refractivity contribution in [2.24, 2.45) is 11.7 Å². The molecule has 0 spiro atoms. The van der Waals surface area contributed by atoms with Gasteiger partial charge in [0, 0.05) is 18.7 Å². The maximum absolute atomic E-state index is 13.7. The molecule has 1 aliphatic rings. The highest BCUT2D eigenvalue weighted by molar-refractivity contribution is 7.89. The first-order valence-corrected chi connectivity index (χ1v) is 15.8. The Kier molecular flexibility index (Phi) is 10.2. The number of urea groups is 1. The van der Waals surface area contributed by atoms with Crippen molar-refractivity contribution in [1.82, 2.24) is 20.1 Å². The summed E-state index contributed by atoms with van der Waals surface area (Å²) in [5.74, 6) is -0.687. The SMILES string of the molecule is CC(C)CC(NS(=O)(=O)c1ccc2ccccc2c1)C(=O)NN(Cc1ccc(C(=N)N)cc1)C(=O)N1CCCCCC1. The normalized spacial score (nSPS) is 14.8. The third-order valence-electron chi connectivity index (χ3n) is 7.31. The molecule has 5 N–H and O–H groups in total. The number of hydrogen-bond donors (Lipinski definition) is 4. The molecule has 1 saturated heterocycles. The lowest BCUT2D eigenvalue weighted by Gasteiger charge is -2.31. The summed E-state index contributed by atoms with van der Waals surface area (Å²) in [4.78, 5) is 29.2. The van der Waals surface area contributed by atoms with Crippen LogP contribution in [0.15, 0.2) is 71.6 Å². The van der Waals surface area contributed by atoms with Crippen molar-refractivity contribution < 1.29 is 18.0 Å². The fourth-order valence-corrected chi connectivity index (χ4v) is 6.28. The van der Waals surface area contributed by atoms with Crippen molar-refractivity contribution in [3.05, 3.63) is 77.9 Å². The van der Waals surface area contributed by atoms with Gasteiger partial charge in [0.1, 0.15) is 11.9 Å². The number of amides is 3. The number of nitrogens with one attached hydrogen (secondary N) is 3. The first kappa shape index (κ1) is 31.0.